The summed E-state index contributed by atoms with van der Waals surface area (Å²) in [6, 6.07) is 10.4. The number of hydrogen-bond donors (Lipinski definition) is 2. The Labute approximate surface area is 141 Å². The third-order valence-corrected chi connectivity index (χ3v) is 5.76. The molecular formula is C14H14Br2N2O2S. The molecule has 0 amide bonds. The van der Waals surface area contributed by atoms with Crippen molar-refractivity contribution in [3.63, 3.8) is 0 Å². The topological polar surface area (TPSA) is 72.2 Å². The van der Waals surface area contributed by atoms with Crippen molar-refractivity contribution >= 4 is 53.3 Å². The van der Waals surface area contributed by atoms with Gasteiger partial charge in [-0.25, -0.2) is 8.42 Å². The minimum Gasteiger partial charge on any atom is -0.398 e. The summed E-state index contributed by atoms with van der Waals surface area (Å²) in [7, 11) is -3.75. The molecule has 0 saturated carbocycles. The maximum absolute atomic E-state index is 12.5. The molecule has 0 aromatic heterocycles. The molecule has 0 bridgehead atoms. The molecule has 0 heterocycles. The van der Waals surface area contributed by atoms with Crippen molar-refractivity contribution in [2.75, 3.05) is 10.5 Å². The quantitative estimate of drug-likeness (QED) is 0.711. The molecule has 0 fully saturated rings. The van der Waals surface area contributed by atoms with E-state index in [1.54, 1.807) is 24.3 Å². The molecule has 0 spiro atoms. The number of benzene rings is 2. The van der Waals surface area contributed by atoms with Gasteiger partial charge in [0.05, 0.1) is 5.69 Å². The fourth-order valence-corrected chi connectivity index (χ4v) is 5.01. The minimum absolute atomic E-state index is 0.0327. The van der Waals surface area contributed by atoms with Gasteiger partial charge in [-0.2, -0.15) is 0 Å². The molecule has 0 aliphatic carbocycles. The molecule has 0 aliphatic heterocycles. The molecule has 0 atom stereocenters. The lowest BCUT2D eigenvalue weighted by molar-refractivity contribution is 0.601. The molecule has 0 aliphatic rings. The number of anilines is 2. The molecule has 2 rings (SSSR count). The highest BCUT2D eigenvalue weighted by atomic mass is 79.9. The number of nitrogens with one attached hydrogen (secondary N) is 1. The molecule has 3 N–H and O–H groups in total. The Morgan fingerprint density at radius 3 is 2.29 bits per heavy atom. The predicted molar refractivity (Wildman–Crippen MR) is 92.9 cm³/mol. The lowest BCUT2D eigenvalue weighted by atomic mass is 10.2. The SMILES string of the molecule is CCc1ccc(NS(=O)(=O)c2c(N)cc(Br)cc2Br)cc1. The van der Waals surface area contributed by atoms with Gasteiger partial charge in [-0.1, -0.05) is 35.0 Å². The highest BCUT2D eigenvalue weighted by Gasteiger charge is 2.21. The number of hydrogen-bond acceptors (Lipinski definition) is 3. The Morgan fingerprint density at radius 2 is 1.76 bits per heavy atom. The summed E-state index contributed by atoms with van der Waals surface area (Å²) in [5.74, 6) is 0. The van der Waals surface area contributed by atoms with Crippen LogP contribution >= 0.6 is 31.9 Å². The average molecular weight is 434 g/mol. The van der Waals surface area contributed by atoms with Crippen LogP contribution in [-0.4, -0.2) is 8.42 Å². The first-order chi connectivity index (χ1) is 9.83. The molecule has 2 aromatic carbocycles. The maximum atomic E-state index is 12.5. The molecule has 112 valence electrons. The first-order valence-electron chi connectivity index (χ1n) is 6.19. The second-order valence-corrected chi connectivity index (χ2v) is 7.85. The van der Waals surface area contributed by atoms with Crippen LogP contribution in [0.25, 0.3) is 0 Å². The monoisotopic (exact) mass is 432 g/mol. The van der Waals surface area contributed by atoms with Gasteiger partial charge in [0.25, 0.3) is 10.0 Å². The van der Waals surface area contributed by atoms with Crippen LogP contribution < -0.4 is 10.5 Å². The van der Waals surface area contributed by atoms with Gasteiger partial charge in [-0.05, 0) is 52.2 Å². The van der Waals surface area contributed by atoms with E-state index < -0.39 is 10.0 Å². The van der Waals surface area contributed by atoms with Gasteiger partial charge in [0.1, 0.15) is 4.90 Å². The second kappa shape index (κ2) is 6.37. The third-order valence-electron chi connectivity index (χ3n) is 2.92. The minimum atomic E-state index is -3.75. The zero-order valence-electron chi connectivity index (χ0n) is 11.2. The molecule has 0 radical (unpaired) electrons. The van der Waals surface area contributed by atoms with Gasteiger partial charge < -0.3 is 5.73 Å². The van der Waals surface area contributed by atoms with Gasteiger partial charge in [-0.15, -0.1) is 0 Å². The fourth-order valence-electron chi connectivity index (χ4n) is 1.88. The van der Waals surface area contributed by atoms with E-state index in [0.717, 1.165) is 12.0 Å². The van der Waals surface area contributed by atoms with Crippen LogP contribution in [0.2, 0.25) is 0 Å². The van der Waals surface area contributed by atoms with Gasteiger partial charge in [-0.3, -0.25) is 4.72 Å². The lowest BCUT2D eigenvalue weighted by Gasteiger charge is -2.12. The van der Waals surface area contributed by atoms with E-state index in [-0.39, 0.29) is 10.6 Å². The maximum Gasteiger partial charge on any atom is 0.265 e. The van der Waals surface area contributed by atoms with Crippen LogP contribution in [0.3, 0.4) is 0 Å². The second-order valence-electron chi connectivity index (χ2n) is 4.46. The van der Waals surface area contributed by atoms with Crippen molar-refractivity contribution in [2.45, 2.75) is 18.2 Å². The predicted octanol–water partition coefficient (Wildman–Crippen LogP) is 4.16. The number of halogens is 2. The van der Waals surface area contributed by atoms with Crippen molar-refractivity contribution in [1.29, 1.82) is 0 Å². The third kappa shape index (κ3) is 3.78. The van der Waals surface area contributed by atoms with Gasteiger partial charge >= 0.3 is 0 Å². The standard InChI is InChI=1S/C14H14Br2N2O2S/c1-2-9-3-5-11(6-4-9)18-21(19,20)14-12(16)7-10(15)8-13(14)17/h3-8,18H,2,17H2,1H3. The number of sulfonamides is 1. The molecule has 4 nitrogen and oxygen atoms in total. The van der Waals surface area contributed by atoms with E-state index in [9.17, 15) is 8.42 Å². The van der Waals surface area contributed by atoms with Crippen LogP contribution in [0.5, 0.6) is 0 Å². The van der Waals surface area contributed by atoms with E-state index in [1.165, 1.54) is 0 Å². The van der Waals surface area contributed by atoms with Crippen LogP contribution in [0.15, 0.2) is 50.2 Å². The van der Waals surface area contributed by atoms with Crippen LogP contribution in [0.4, 0.5) is 11.4 Å². The molecule has 21 heavy (non-hydrogen) atoms. The summed E-state index contributed by atoms with van der Waals surface area (Å²) < 4.78 is 28.6. The highest BCUT2D eigenvalue weighted by Crippen LogP contribution is 2.32. The van der Waals surface area contributed by atoms with E-state index in [1.807, 2.05) is 19.1 Å². The number of rotatable bonds is 4. The normalized spacial score (nSPS) is 11.4. The van der Waals surface area contributed by atoms with E-state index in [0.29, 0.717) is 14.6 Å². The van der Waals surface area contributed by atoms with Gasteiger partial charge in [0.15, 0.2) is 0 Å². The number of aryl methyl sites for hydroxylation is 1. The summed E-state index contributed by atoms with van der Waals surface area (Å²) in [4.78, 5) is 0.0327. The fraction of sp³-hybridized carbons (Fsp3) is 0.143. The summed E-state index contributed by atoms with van der Waals surface area (Å²) >= 11 is 6.51. The first kappa shape index (κ1) is 16.3. The lowest BCUT2D eigenvalue weighted by Crippen LogP contribution is -2.15. The van der Waals surface area contributed by atoms with E-state index in [4.69, 9.17) is 5.73 Å². The molecule has 0 unspecified atom stereocenters. The number of nitrogens with two attached hydrogens (primary N) is 1. The Balaban J connectivity index is 2.38. The van der Waals surface area contributed by atoms with Crippen LogP contribution in [-0.2, 0) is 16.4 Å². The summed E-state index contributed by atoms with van der Waals surface area (Å²) in [6.07, 6.45) is 0.901. The first-order valence-corrected chi connectivity index (χ1v) is 9.26. The Hall–Kier alpha value is -1.05. The van der Waals surface area contributed by atoms with Gasteiger partial charge in [0.2, 0.25) is 0 Å². The Morgan fingerprint density at radius 1 is 1.14 bits per heavy atom. The van der Waals surface area contributed by atoms with Crippen LogP contribution in [0, 0.1) is 0 Å². The van der Waals surface area contributed by atoms with E-state index >= 15 is 0 Å². The van der Waals surface area contributed by atoms with Crippen molar-refractivity contribution in [1.82, 2.24) is 0 Å². The van der Waals surface area contributed by atoms with Gasteiger partial charge in [0, 0.05) is 14.6 Å². The molecular weight excluding hydrogens is 420 g/mol. The van der Waals surface area contributed by atoms with Crippen molar-refractivity contribution < 1.29 is 8.42 Å². The zero-order valence-corrected chi connectivity index (χ0v) is 15.2. The largest absolute Gasteiger partial charge is 0.398 e. The highest BCUT2D eigenvalue weighted by molar-refractivity contribution is 9.11. The number of nitrogen functional groups attached to an aromatic ring is 1. The molecule has 7 heteroatoms. The Bertz CT molecular complexity index is 736. The van der Waals surface area contributed by atoms with Crippen molar-refractivity contribution in [3.05, 3.63) is 50.9 Å². The molecule has 2 aromatic rings. The van der Waals surface area contributed by atoms with Crippen molar-refractivity contribution in [3.8, 4) is 0 Å². The average Bonchev–Trinajstić information content (AvgIpc) is 2.37. The summed E-state index contributed by atoms with van der Waals surface area (Å²) in [5.41, 5.74) is 7.65. The van der Waals surface area contributed by atoms with E-state index in [2.05, 4.69) is 36.6 Å². The summed E-state index contributed by atoms with van der Waals surface area (Å²) in [6.45, 7) is 2.04. The van der Waals surface area contributed by atoms with Crippen LogP contribution in [0.1, 0.15) is 12.5 Å². The smallest absolute Gasteiger partial charge is 0.265 e. The summed E-state index contributed by atoms with van der Waals surface area (Å²) in [5, 5.41) is 0. The zero-order chi connectivity index (χ0) is 15.6. The molecule has 0 saturated heterocycles. The van der Waals surface area contributed by atoms with Crippen molar-refractivity contribution in [2.24, 2.45) is 0 Å². The Kier molecular flexibility index (Phi) is 4.95.